The molecular weight excluding hydrogens is 396 g/mol. The summed E-state index contributed by atoms with van der Waals surface area (Å²) in [5.41, 5.74) is 8.97. The van der Waals surface area contributed by atoms with Crippen LogP contribution in [0.15, 0.2) is 59.1 Å². The van der Waals surface area contributed by atoms with Crippen LogP contribution in [0.1, 0.15) is 10.4 Å². The summed E-state index contributed by atoms with van der Waals surface area (Å²) in [6, 6.07) is 14.3. The topological polar surface area (TPSA) is 120 Å². The molecule has 1 amide bonds. The number of nitrogens with two attached hydrogens (primary N) is 1. The molecule has 9 heteroatoms. The van der Waals surface area contributed by atoms with Crippen molar-refractivity contribution in [3.05, 3.63) is 60.3 Å². The van der Waals surface area contributed by atoms with Gasteiger partial charge in [0.15, 0.2) is 11.5 Å². The molecule has 2 heterocycles. The molecule has 0 aliphatic rings. The number of hydrogen-bond acceptors (Lipinski definition) is 8. The molecule has 31 heavy (non-hydrogen) atoms. The van der Waals surface area contributed by atoms with Gasteiger partial charge in [0.2, 0.25) is 5.89 Å². The van der Waals surface area contributed by atoms with Crippen molar-refractivity contribution in [3.8, 4) is 40.0 Å². The number of benzene rings is 2. The number of carbonyl (C=O) groups is 1. The van der Waals surface area contributed by atoms with Gasteiger partial charge >= 0.3 is 0 Å². The molecule has 0 atom stereocenters. The first-order chi connectivity index (χ1) is 15.0. The zero-order valence-electron chi connectivity index (χ0n) is 17.2. The standard InChI is InChI=1S/C22H20N6O3/c1-28(2)22(29)15-6-4-13(5-7-15)17-12-24-19(23)18(25-17)21-27-26-20(31-21)14-8-10-16(30-3)11-9-14/h4-12H,1-3H3,(H2,23,24). The minimum absolute atomic E-state index is 0.0763. The number of aromatic nitrogens is 4. The average Bonchev–Trinajstić information content (AvgIpc) is 3.29. The van der Waals surface area contributed by atoms with Gasteiger partial charge in [-0.15, -0.1) is 10.2 Å². The third-order valence-corrected chi connectivity index (χ3v) is 4.60. The fourth-order valence-electron chi connectivity index (χ4n) is 2.91. The minimum atomic E-state index is -0.0763. The van der Waals surface area contributed by atoms with E-state index in [0.717, 1.165) is 16.9 Å². The van der Waals surface area contributed by atoms with Crippen LogP contribution >= 0.6 is 0 Å². The van der Waals surface area contributed by atoms with Crippen molar-refractivity contribution in [1.29, 1.82) is 0 Å². The van der Waals surface area contributed by atoms with Gasteiger partial charge in [0.05, 0.1) is 19.0 Å². The zero-order valence-corrected chi connectivity index (χ0v) is 17.2. The number of ether oxygens (including phenoxy) is 1. The normalized spacial score (nSPS) is 10.7. The molecule has 0 fully saturated rings. The number of rotatable bonds is 5. The largest absolute Gasteiger partial charge is 0.497 e. The molecule has 0 aliphatic carbocycles. The van der Waals surface area contributed by atoms with E-state index in [1.165, 1.54) is 4.90 Å². The summed E-state index contributed by atoms with van der Waals surface area (Å²) in [6.07, 6.45) is 1.56. The van der Waals surface area contributed by atoms with E-state index in [1.54, 1.807) is 63.8 Å². The van der Waals surface area contributed by atoms with Crippen LogP contribution in [0.25, 0.3) is 34.3 Å². The van der Waals surface area contributed by atoms with Gasteiger partial charge in [-0.2, -0.15) is 0 Å². The Hall–Kier alpha value is -4.27. The molecule has 2 aromatic heterocycles. The van der Waals surface area contributed by atoms with Gasteiger partial charge < -0.3 is 19.8 Å². The monoisotopic (exact) mass is 416 g/mol. The van der Waals surface area contributed by atoms with Crippen LogP contribution < -0.4 is 10.5 Å². The Morgan fingerprint density at radius 1 is 0.968 bits per heavy atom. The Bertz CT molecular complexity index is 1220. The van der Waals surface area contributed by atoms with E-state index in [0.29, 0.717) is 22.8 Å². The molecule has 0 aliphatic heterocycles. The highest BCUT2D eigenvalue weighted by Crippen LogP contribution is 2.28. The van der Waals surface area contributed by atoms with Crippen LogP contribution in [0.3, 0.4) is 0 Å². The SMILES string of the molecule is COc1ccc(-c2nnc(-c3nc(-c4ccc(C(=O)N(C)C)cc4)cnc3N)o2)cc1. The van der Waals surface area contributed by atoms with Crippen LogP contribution in [0.2, 0.25) is 0 Å². The number of nitrogen functional groups attached to an aromatic ring is 1. The molecule has 4 rings (SSSR count). The smallest absolute Gasteiger partial charge is 0.270 e. The van der Waals surface area contributed by atoms with Crippen molar-refractivity contribution in [3.63, 3.8) is 0 Å². The van der Waals surface area contributed by atoms with Gasteiger partial charge in [0, 0.05) is 30.8 Å². The Morgan fingerprint density at radius 2 is 1.61 bits per heavy atom. The van der Waals surface area contributed by atoms with E-state index in [-0.39, 0.29) is 17.6 Å². The molecule has 0 saturated heterocycles. The molecule has 156 valence electrons. The van der Waals surface area contributed by atoms with Crippen molar-refractivity contribution >= 4 is 11.7 Å². The van der Waals surface area contributed by atoms with E-state index in [9.17, 15) is 4.79 Å². The highest BCUT2D eigenvalue weighted by atomic mass is 16.5. The minimum Gasteiger partial charge on any atom is -0.497 e. The molecule has 2 aromatic carbocycles. The summed E-state index contributed by atoms with van der Waals surface area (Å²) in [5.74, 6) is 1.32. The fourth-order valence-corrected chi connectivity index (χ4v) is 2.91. The van der Waals surface area contributed by atoms with Crippen molar-refractivity contribution in [2.45, 2.75) is 0 Å². The number of hydrogen-bond donors (Lipinski definition) is 1. The van der Waals surface area contributed by atoms with Gasteiger partial charge in [-0.1, -0.05) is 12.1 Å². The first kappa shape index (κ1) is 20.0. The second-order valence-corrected chi connectivity index (χ2v) is 6.91. The van der Waals surface area contributed by atoms with Crippen LogP contribution in [-0.4, -0.2) is 52.2 Å². The molecule has 0 radical (unpaired) electrons. The van der Waals surface area contributed by atoms with E-state index in [4.69, 9.17) is 14.9 Å². The lowest BCUT2D eigenvalue weighted by Gasteiger charge is -2.10. The van der Waals surface area contributed by atoms with Crippen molar-refractivity contribution in [2.75, 3.05) is 26.9 Å². The number of nitrogens with zero attached hydrogens (tertiary/aromatic N) is 5. The zero-order chi connectivity index (χ0) is 22.0. The average molecular weight is 416 g/mol. The predicted octanol–water partition coefficient (Wildman–Crippen LogP) is 3.15. The van der Waals surface area contributed by atoms with Gasteiger partial charge in [-0.3, -0.25) is 4.79 Å². The van der Waals surface area contributed by atoms with Gasteiger partial charge in [0.1, 0.15) is 5.75 Å². The van der Waals surface area contributed by atoms with Crippen molar-refractivity contribution in [1.82, 2.24) is 25.1 Å². The second-order valence-electron chi connectivity index (χ2n) is 6.91. The third kappa shape index (κ3) is 4.06. The van der Waals surface area contributed by atoms with E-state index >= 15 is 0 Å². The molecule has 4 aromatic rings. The lowest BCUT2D eigenvalue weighted by atomic mass is 10.1. The Labute approximate surface area is 178 Å². The van der Waals surface area contributed by atoms with Crippen LogP contribution in [0.5, 0.6) is 5.75 Å². The van der Waals surface area contributed by atoms with Gasteiger partial charge in [-0.25, -0.2) is 9.97 Å². The highest BCUT2D eigenvalue weighted by Gasteiger charge is 2.17. The molecule has 2 N–H and O–H groups in total. The summed E-state index contributed by atoms with van der Waals surface area (Å²) >= 11 is 0. The summed E-state index contributed by atoms with van der Waals surface area (Å²) in [5, 5.41) is 8.16. The summed E-state index contributed by atoms with van der Waals surface area (Å²) in [6.45, 7) is 0. The summed E-state index contributed by atoms with van der Waals surface area (Å²) in [7, 11) is 5.01. The van der Waals surface area contributed by atoms with E-state index in [2.05, 4.69) is 20.2 Å². The molecular formula is C22H20N6O3. The highest BCUT2D eigenvalue weighted by molar-refractivity contribution is 5.94. The number of carbonyl (C=O) groups excluding carboxylic acids is 1. The predicted molar refractivity (Wildman–Crippen MR) is 115 cm³/mol. The molecule has 0 bridgehead atoms. The van der Waals surface area contributed by atoms with Gasteiger partial charge in [-0.05, 0) is 36.4 Å². The lowest BCUT2D eigenvalue weighted by molar-refractivity contribution is 0.0827. The third-order valence-electron chi connectivity index (χ3n) is 4.60. The molecule has 0 spiro atoms. The van der Waals surface area contributed by atoms with Gasteiger partial charge in [0.25, 0.3) is 11.8 Å². The molecule has 0 saturated carbocycles. The Kier molecular flexibility index (Phi) is 5.31. The van der Waals surface area contributed by atoms with Crippen LogP contribution in [-0.2, 0) is 0 Å². The van der Waals surface area contributed by atoms with Crippen LogP contribution in [0, 0.1) is 0 Å². The second kappa shape index (κ2) is 8.23. The Balaban J connectivity index is 1.64. The first-order valence-corrected chi connectivity index (χ1v) is 9.39. The van der Waals surface area contributed by atoms with E-state index < -0.39 is 0 Å². The van der Waals surface area contributed by atoms with Crippen molar-refractivity contribution in [2.24, 2.45) is 0 Å². The van der Waals surface area contributed by atoms with E-state index in [1.807, 2.05) is 12.1 Å². The van der Waals surface area contributed by atoms with Crippen LogP contribution in [0.4, 0.5) is 5.82 Å². The first-order valence-electron chi connectivity index (χ1n) is 9.39. The van der Waals surface area contributed by atoms with Crippen molar-refractivity contribution < 1.29 is 13.9 Å². The maximum Gasteiger partial charge on any atom is 0.270 e. The number of anilines is 1. The molecule has 0 unspecified atom stereocenters. The molecule has 9 nitrogen and oxygen atoms in total. The Morgan fingerprint density at radius 3 is 2.26 bits per heavy atom. The summed E-state index contributed by atoms with van der Waals surface area (Å²) < 4.78 is 10.9. The lowest BCUT2D eigenvalue weighted by Crippen LogP contribution is -2.21. The summed E-state index contributed by atoms with van der Waals surface area (Å²) in [4.78, 5) is 22.4. The number of amides is 1. The maximum absolute atomic E-state index is 12.1. The fraction of sp³-hybridized carbons (Fsp3) is 0.136. The quantitative estimate of drug-likeness (QED) is 0.527. The number of methoxy groups -OCH3 is 1. The maximum atomic E-state index is 12.1.